The molecule has 0 aliphatic heterocycles. The fourth-order valence-corrected chi connectivity index (χ4v) is 2.43. The summed E-state index contributed by atoms with van der Waals surface area (Å²) < 4.78 is 0. The van der Waals surface area contributed by atoms with E-state index in [1.807, 2.05) is 20.0 Å². The second-order valence-electron chi connectivity index (χ2n) is 5.29. The Morgan fingerprint density at radius 2 is 1.95 bits per heavy atom. The molecule has 0 amide bonds. The fourth-order valence-electron chi connectivity index (χ4n) is 2.43. The molecule has 0 atom stereocenters. The standard InChI is InChI=1S/C17H23N3/c1-13-8-9-17(15(10-13)11-18-3)20(4)12-16-7-5-6-14(2)19-16/h5-10,18H,11-12H2,1-4H3. The van der Waals surface area contributed by atoms with Crippen molar-refractivity contribution in [2.75, 3.05) is 19.0 Å². The zero-order valence-electron chi connectivity index (χ0n) is 12.8. The van der Waals surface area contributed by atoms with Crippen LogP contribution in [0.5, 0.6) is 0 Å². The molecule has 0 spiro atoms. The maximum Gasteiger partial charge on any atom is 0.0600 e. The number of nitrogens with one attached hydrogen (secondary N) is 1. The van der Waals surface area contributed by atoms with Crippen molar-refractivity contribution in [3.8, 4) is 0 Å². The molecule has 0 unspecified atom stereocenters. The molecular formula is C17H23N3. The van der Waals surface area contributed by atoms with Crippen LogP contribution in [0, 0.1) is 13.8 Å². The molecule has 1 aromatic carbocycles. The van der Waals surface area contributed by atoms with E-state index in [2.05, 4.69) is 59.5 Å². The Labute approximate surface area is 121 Å². The highest BCUT2D eigenvalue weighted by molar-refractivity contribution is 5.54. The van der Waals surface area contributed by atoms with Crippen LogP contribution in [0.2, 0.25) is 0 Å². The van der Waals surface area contributed by atoms with Crippen LogP contribution in [0.3, 0.4) is 0 Å². The minimum Gasteiger partial charge on any atom is -0.368 e. The first-order chi connectivity index (χ1) is 9.60. The Morgan fingerprint density at radius 3 is 2.65 bits per heavy atom. The second-order valence-corrected chi connectivity index (χ2v) is 5.29. The van der Waals surface area contributed by atoms with Crippen LogP contribution in [0.1, 0.15) is 22.5 Å². The Hall–Kier alpha value is -1.87. The highest BCUT2D eigenvalue weighted by atomic mass is 15.1. The fraction of sp³-hybridized carbons (Fsp3) is 0.353. The van der Waals surface area contributed by atoms with Crippen molar-refractivity contribution >= 4 is 5.69 Å². The monoisotopic (exact) mass is 269 g/mol. The average molecular weight is 269 g/mol. The summed E-state index contributed by atoms with van der Waals surface area (Å²) in [7, 11) is 4.10. The normalized spacial score (nSPS) is 10.6. The third kappa shape index (κ3) is 3.58. The molecule has 1 N–H and O–H groups in total. The Bertz CT molecular complexity index is 578. The van der Waals surface area contributed by atoms with Crippen LogP contribution < -0.4 is 10.2 Å². The van der Waals surface area contributed by atoms with Crippen molar-refractivity contribution in [3.63, 3.8) is 0 Å². The van der Waals surface area contributed by atoms with Gasteiger partial charge in [0, 0.05) is 25.0 Å². The summed E-state index contributed by atoms with van der Waals surface area (Å²) in [6.07, 6.45) is 0. The number of aryl methyl sites for hydroxylation is 2. The van der Waals surface area contributed by atoms with Gasteiger partial charge in [-0.05, 0) is 44.7 Å². The minimum absolute atomic E-state index is 0.821. The molecule has 0 bridgehead atoms. The molecule has 2 rings (SSSR count). The number of aromatic nitrogens is 1. The van der Waals surface area contributed by atoms with Crippen LogP contribution in [0.4, 0.5) is 5.69 Å². The van der Waals surface area contributed by atoms with Gasteiger partial charge in [-0.3, -0.25) is 4.98 Å². The highest BCUT2D eigenvalue weighted by Crippen LogP contribution is 2.22. The smallest absolute Gasteiger partial charge is 0.0600 e. The lowest BCUT2D eigenvalue weighted by atomic mass is 10.1. The SMILES string of the molecule is CNCc1cc(C)ccc1N(C)Cc1cccc(C)n1. The van der Waals surface area contributed by atoms with Crippen molar-refractivity contribution < 1.29 is 0 Å². The molecule has 20 heavy (non-hydrogen) atoms. The maximum absolute atomic E-state index is 4.57. The molecule has 1 heterocycles. The first-order valence-electron chi connectivity index (χ1n) is 6.98. The van der Waals surface area contributed by atoms with Gasteiger partial charge in [-0.2, -0.15) is 0 Å². The third-order valence-electron chi connectivity index (χ3n) is 3.36. The van der Waals surface area contributed by atoms with Gasteiger partial charge in [0.25, 0.3) is 0 Å². The lowest BCUT2D eigenvalue weighted by molar-refractivity contribution is 0.800. The number of benzene rings is 1. The van der Waals surface area contributed by atoms with Gasteiger partial charge in [-0.1, -0.05) is 23.8 Å². The number of hydrogen-bond donors (Lipinski definition) is 1. The van der Waals surface area contributed by atoms with Gasteiger partial charge in [-0.25, -0.2) is 0 Å². The molecule has 0 aliphatic carbocycles. The van der Waals surface area contributed by atoms with Crippen LogP contribution >= 0.6 is 0 Å². The summed E-state index contributed by atoms with van der Waals surface area (Å²) in [4.78, 5) is 6.83. The van der Waals surface area contributed by atoms with E-state index < -0.39 is 0 Å². The largest absolute Gasteiger partial charge is 0.368 e. The van der Waals surface area contributed by atoms with Crippen LogP contribution in [0.25, 0.3) is 0 Å². The van der Waals surface area contributed by atoms with Crippen LogP contribution in [-0.4, -0.2) is 19.1 Å². The van der Waals surface area contributed by atoms with E-state index in [0.717, 1.165) is 24.5 Å². The average Bonchev–Trinajstić information content (AvgIpc) is 2.39. The molecule has 0 radical (unpaired) electrons. The summed E-state index contributed by atoms with van der Waals surface area (Å²) in [6, 6.07) is 12.8. The molecule has 106 valence electrons. The molecule has 0 saturated heterocycles. The molecule has 2 aromatic rings. The number of rotatable bonds is 5. The van der Waals surface area contributed by atoms with Crippen molar-refractivity contribution in [3.05, 3.63) is 58.9 Å². The van der Waals surface area contributed by atoms with Crippen LogP contribution in [0.15, 0.2) is 36.4 Å². The summed E-state index contributed by atoms with van der Waals surface area (Å²) in [6.45, 7) is 5.86. The first-order valence-corrected chi connectivity index (χ1v) is 6.98. The summed E-state index contributed by atoms with van der Waals surface area (Å²) in [5.74, 6) is 0. The molecule has 1 aromatic heterocycles. The molecule has 3 heteroatoms. The maximum atomic E-state index is 4.57. The van der Waals surface area contributed by atoms with E-state index in [-0.39, 0.29) is 0 Å². The topological polar surface area (TPSA) is 28.2 Å². The van der Waals surface area contributed by atoms with Gasteiger partial charge in [0.2, 0.25) is 0 Å². The lowest BCUT2D eigenvalue weighted by Crippen LogP contribution is -2.20. The van der Waals surface area contributed by atoms with E-state index in [4.69, 9.17) is 0 Å². The van der Waals surface area contributed by atoms with Gasteiger partial charge in [0.1, 0.15) is 0 Å². The quantitative estimate of drug-likeness (QED) is 0.904. The first kappa shape index (κ1) is 14.5. The molecule has 3 nitrogen and oxygen atoms in total. The number of nitrogens with zero attached hydrogens (tertiary/aromatic N) is 2. The lowest BCUT2D eigenvalue weighted by Gasteiger charge is -2.23. The number of pyridine rings is 1. The van der Waals surface area contributed by atoms with Gasteiger partial charge < -0.3 is 10.2 Å². The Balaban J connectivity index is 2.22. The molecular weight excluding hydrogens is 246 g/mol. The van der Waals surface area contributed by atoms with Crippen molar-refractivity contribution in [2.45, 2.75) is 26.9 Å². The highest BCUT2D eigenvalue weighted by Gasteiger charge is 2.08. The molecule has 0 aliphatic rings. The van der Waals surface area contributed by atoms with Crippen molar-refractivity contribution in [1.29, 1.82) is 0 Å². The second kappa shape index (κ2) is 6.53. The van der Waals surface area contributed by atoms with E-state index in [1.54, 1.807) is 0 Å². The zero-order valence-corrected chi connectivity index (χ0v) is 12.8. The van der Waals surface area contributed by atoms with E-state index in [0.29, 0.717) is 0 Å². The minimum atomic E-state index is 0.821. The van der Waals surface area contributed by atoms with Crippen molar-refractivity contribution in [1.82, 2.24) is 10.3 Å². The zero-order chi connectivity index (χ0) is 14.5. The van der Waals surface area contributed by atoms with E-state index >= 15 is 0 Å². The summed E-state index contributed by atoms with van der Waals surface area (Å²) in [5.41, 5.74) is 6.04. The predicted molar refractivity (Wildman–Crippen MR) is 85.0 cm³/mol. The van der Waals surface area contributed by atoms with Crippen molar-refractivity contribution in [2.24, 2.45) is 0 Å². The Kier molecular flexibility index (Phi) is 4.74. The van der Waals surface area contributed by atoms with E-state index in [9.17, 15) is 0 Å². The third-order valence-corrected chi connectivity index (χ3v) is 3.36. The summed E-state index contributed by atoms with van der Waals surface area (Å²) >= 11 is 0. The van der Waals surface area contributed by atoms with Gasteiger partial charge in [0.15, 0.2) is 0 Å². The molecule has 0 saturated carbocycles. The Morgan fingerprint density at radius 1 is 1.15 bits per heavy atom. The number of hydrogen-bond acceptors (Lipinski definition) is 3. The predicted octanol–water partition coefficient (Wildman–Crippen LogP) is 3.05. The van der Waals surface area contributed by atoms with Crippen LogP contribution in [-0.2, 0) is 13.1 Å². The molecule has 0 fully saturated rings. The summed E-state index contributed by atoms with van der Waals surface area (Å²) in [5, 5.41) is 3.24. The number of anilines is 1. The van der Waals surface area contributed by atoms with Gasteiger partial charge >= 0.3 is 0 Å². The van der Waals surface area contributed by atoms with Gasteiger partial charge in [-0.15, -0.1) is 0 Å². The van der Waals surface area contributed by atoms with Gasteiger partial charge in [0.05, 0.1) is 12.2 Å². The van der Waals surface area contributed by atoms with E-state index in [1.165, 1.54) is 16.8 Å².